The van der Waals surface area contributed by atoms with E-state index in [2.05, 4.69) is 10.6 Å². The summed E-state index contributed by atoms with van der Waals surface area (Å²) in [6.07, 6.45) is 1.65. The Hall–Kier alpha value is -0.620. The van der Waals surface area contributed by atoms with E-state index >= 15 is 0 Å². The van der Waals surface area contributed by atoms with Gasteiger partial charge in [-0.25, -0.2) is 8.42 Å². The van der Waals surface area contributed by atoms with Crippen molar-refractivity contribution in [2.75, 3.05) is 25.1 Å². The molecule has 5 nitrogen and oxygen atoms in total. The first-order valence-corrected chi connectivity index (χ1v) is 6.21. The molecule has 13 heavy (non-hydrogen) atoms. The van der Waals surface area contributed by atoms with Crippen LogP contribution in [0.1, 0.15) is 6.42 Å². The van der Waals surface area contributed by atoms with Gasteiger partial charge in [-0.15, -0.1) is 0 Å². The predicted molar refractivity (Wildman–Crippen MR) is 49.1 cm³/mol. The standard InChI is InChI=1S/C7H14N2O3S/c1-13(11,12)3-2-8-6-4-7(10)9-5-6/h6,8H,2-5H2,1H3,(H,9,10). The topological polar surface area (TPSA) is 75.3 Å². The smallest absolute Gasteiger partial charge is 0.221 e. The molecule has 0 aromatic carbocycles. The molecule has 1 atom stereocenters. The molecule has 1 rings (SSSR count). The van der Waals surface area contributed by atoms with E-state index in [1.807, 2.05) is 0 Å². The van der Waals surface area contributed by atoms with E-state index < -0.39 is 9.84 Å². The van der Waals surface area contributed by atoms with Crippen molar-refractivity contribution in [1.82, 2.24) is 10.6 Å². The summed E-state index contributed by atoms with van der Waals surface area (Å²) in [4.78, 5) is 10.7. The Morgan fingerprint density at radius 2 is 2.31 bits per heavy atom. The summed E-state index contributed by atoms with van der Waals surface area (Å²) in [5.74, 6) is 0.148. The SMILES string of the molecule is CS(=O)(=O)CCNC1CNC(=O)C1. The summed E-state index contributed by atoms with van der Waals surface area (Å²) >= 11 is 0. The van der Waals surface area contributed by atoms with Crippen LogP contribution in [0.25, 0.3) is 0 Å². The van der Waals surface area contributed by atoms with Crippen molar-refractivity contribution in [3.63, 3.8) is 0 Å². The summed E-state index contributed by atoms with van der Waals surface area (Å²) in [6, 6.07) is 0.0919. The Morgan fingerprint density at radius 3 is 2.77 bits per heavy atom. The van der Waals surface area contributed by atoms with Gasteiger partial charge in [0, 0.05) is 31.8 Å². The number of sulfone groups is 1. The van der Waals surface area contributed by atoms with Crippen LogP contribution >= 0.6 is 0 Å². The first-order valence-electron chi connectivity index (χ1n) is 4.15. The molecule has 1 unspecified atom stereocenters. The number of hydrogen-bond acceptors (Lipinski definition) is 4. The third kappa shape index (κ3) is 4.23. The molecule has 6 heteroatoms. The summed E-state index contributed by atoms with van der Waals surface area (Å²) < 4.78 is 21.5. The molecule has 0 radical (unpaired) electrons. The minimum absolute atomic E-state index is 0.0249. The Bertz CT molecular complexity index is 286. The maximum atomic E-state index is 10.7. The first kappa shape index (κ1) is 10.5. The van der Waals surface area contributed by atoms with Gasteiger partial charge in [0.2, 0.25) is 5.91 Å². The van der Waals surface area contributed by atoms with Gasteiger partial charge in [-0.05, 0) is 0 Å². The van der Waals surface area contributed by atoms with E-state index in [1.54, 1.807) is 0 Å². The number of rotatable bonds is 4. The van der Waals surface area contributed by atoms with Crippen LogP contribution in [0.15, 0.2) is 0 Å². The molecule has 0 spiro atoms. The number of hydrogen-bond donors (Lipinski definition) is 2. The molecule has 1 aliphatic heterocycles. The van der Waals surface area contributed by atoms with Gasteiger partial charge in [-0.3, -0.25) is 4.79 Å². The Morgan fingerprint density at radius 1 is 1.62 bits per heavy atom. The molecule has 0 aromatic heterocycles. The molecular weight excluding hydrogens is 192 g/mol. The lowest BCUT2D eigenvalue weighted by atomic mass is 10.2. The summed E-state index contributed by atoms with van der Waals surface area (Å²) in [6.45, 7) is 1.01. The quantitative estimate of drug-likeness (QED) is 0.587. The van der Waals surface area contributed by atoms with Crippen molar-refractivity contribution >= 4 is 15.7 Å². The minimum Gasteiger partial charge on any atom is -0.354 e. The Labute approximate surface area is 77.8 Å². The first-order chi connectivity index (χ1) is 5.97. The van der Waals surface area contributed by atoms with Crippen LogP contribution in [0, 0.1) is 0 Å². The van der Waals surface area contributed by atoms with Crippen molar-refractivity contribution in [2.45, 2.75) is 12.5 Å². The fraction of sp³-hybridized carbons (Fsp3) is 0.857. The normalized spacial score (nSPS) is 23.2. The van der Waals surface area contributed by atoms with Gasteiger partial charge in [0.15, 0.2) is 0 Å². The van der Waals surface area contributed by atoms with E-state index in [0.717, 1.165) is 0 Å². The molecule has 1 saturated heterocycles. The highest BCUT2D eigenvalue weighted by atomic mass is 32.2. The van der Waals surface area contributed by atoms with Crippen LogP contribution in [0.3, 0.4) is 0 Å². The van der Waals surface area contributed by atoms with Gasteiger partial charge in [-0.1, -0.05) is 0 Å². The van der Waals surface area contributed by atoms with Crippen molar-refractivity contribution in [2.24, 2.45) is 0 Å². The van der Waals surface area contributed by atoms with Crippen LogP contribution in [-0.4, -0.2) is 45.5 Å². The van der Waals surface area contributed by atoms with Gasteiger partial charge in [0.1, 0.15) is 9.84 Å². The number of carbonyl (C=O) groups is 1. The molecule has 1 fully saturated rings. The van der Waals surface area contributed by atoms with Gasteiger partial charge < -0.3 is 10.6 Å². The third-order valence-corrected chi connectivity index (χ3v) is 2.83. The zero-order chi connectivity index (χ0) is 9.90. The molecule has 76 valence electrons. The highest BCUT2D eigenvalue weighted by Gasteiger charge is 2.20. The third-order valence-electron chi connectivity index (χ3n) is 1.88. The molecule has 0 saturated carbocycles. The molecule has 1 heterocycles. The minimum atomic E-state index is -2.90. The van der Waals surface area contributed by atoms with Gasteiger partial charge in [0.25, 0.3) is 0 Å². The maximum Gasteiger partial charge on any atom is 0.221 e. The molecule has 0 bridgehead atoms. The van der Waals surface area contributed by atoms with Crippen LogP contribution < -0.4 is 10.6 Å². The second-order valence-electron chi connectivity index (χ2n) is 3.29. The summed E-state index contributed by atoms with van der Waals surface area (Å²) in [7, 11) is -2.90. The fourth-order valence-electron chi connectivity index (χ4n) is 1.20. The summed E-state index contributed by atoms with van der Waals surface area (Å²) in [5, 5.41) is 5.67. The van der Waals surface area contributed by atoms with E-state index in [-0.39, 0.29) is 17.7 Å². The largest absolute Gasteiger partial charge is 0.354 e. The maximum absolute atomic E-state index is 10.7. The van der Waals surface area contributed by atoms with E-state index in [9.17, 15) is 13.2 Å². The second kappa shape index (κ2) is 4.06. The molecule has 2 N–H and O–H groups in total. The highest BCUT2D eigenvalue weighted by molar-refractivity contribution is 7.90. The zero-order valence-corrected chi connectivity index (χ0v) is 8.36. The fourth-order valence-corrected chi connectivity index (χ4v) is 1.69. The Balaban J connectivity index is 2.17. The number of carbonyl (C=O) groups excluding carboxylic acids is 1. The number of amides is 1. The van der Waals surface area contributed by atoms with Crippen molar-refractivity contribution in [3.8, 4) is 0 Å². The van der Waals surface area contributed by atoms with Crippen LogP contribution in [0.5, 0.6) is 0 Å². The lowest BCUT2D eigenvalue weighted by Gasteiger charge is -2.08. The van der Waals surface area contributed by atoms with Crippen LogP contribution in [0.2, 0.25) is 0 Å². The lowest BCUT2D eigenvalue weighted by Crippen LogP contribution is -2.34. The Kier molecular flexibility index (Phi) is 3.27. The van der Waals surface area contributed by atoms with Gasteiger partial charge in [-0.2, -0.15) is 0 Å². The average Bonchev–Trinajstić information content (AvgIpc) is 2.33. The predicted octanol–water partition coefficient (Wildman–Crippen LogP) is -1.49. The molecular formula is C7H14N2O3S. The monoisotopic (exact) mass is 206 g/mol. The molecule has 1 amide bonds. The lowest BCUT2D eigenvalue weighted by molar-refractivity contribution is -0.119. The molecule has 0 aliphatic carbocycles. The summed E-state index contributed by atoms with van der Waals surface area (Å²) in [5.41, 5.74) is 0. The van der Waals surface area contributed by atoms with E-state index in [4.69, 9.17) is 0 Å². The van der Waals surface area contributed by atoms with Crippen molar-refractivity contribution < 1.29 is 13.2 Å². The van der Waals surface area contributed by atoms with Crippen LogP contribution in [-0.2, 0) is 14.6 Å². The van der Waals surface area contributed by atoms with Crippen LogP contribution in [0.4, 0.5) is 0 Å². The van der Waals surface area contributed by atoms with Gasteiger partial charge in [0.05, 0.1) is 5.75 Å². The zero-order valence-electron chi connectivity index (χ0n) is 7.54. The average molecular weight is 206 g/mol. The second-order valence-corrected chi connectivity index (χ2v) is 5.55. The molecule has 1 aliphatic rings. The number of nitrogens with one attached hydrogen (secondary N) is 2. The highest BCUT2D eigenvalue weighted by Crippen LogP contribution is 1.98. The van der Waals surface area contributed by atoms with Crippen molar-refractivity contribution in [3.05, 3.63) is 0 Å². The van der Waals surface area contributed by atoms with E-state index in [1.165, 1.54) is 6.26 Å². The molecule has 0 aromatic rings. The van der Waals surface area contributed by atoms with Crippen molar-refractivity contribution in [1.29, 1.82) is 0 Å². The van der Waals surface area contributed by atoms with Gasteiger partial charge >= 0.3 is 0 Å². The van der Waals surface area contributed by atoms with E-state index in [0.29, 0.717) is 19.5 Å².